The molecule has 0 aliphatic carbocycles. The summed E-state index contributed by atoms with van der Waals surface area (Å²) in [4.78, 5) is 13.5. The van der Waals surface area contributed by atoms with E-state index in [9.17, 15) is 22.4 Å². The highest BCUT2D eigenvalue weighted by atomic mass is 35.5. The summed E-state index contributed by atoms with van der Waals surface area (Å²) < 4.78 is 64.9. The highest BCUT2D eigenvalue weighted by molar-refractivity contribution is 6.33. The fraction of sp³-hybridized carbons (Fsp3) is 0.294. The fourth-order valence-electron chi connectivity index (χ4n) is 2.82. The minimum atomic E-state index is -4.79. The van der Waals surface area contributed by atoms with E-state index < -0.39 is 40.6 Å². The predicted molar refractivity (Wildman–Crippen MR) is 91.2 cm³/mol. The lowest BCUT2D eigenvalue weighted by molar-refractivity contribution is -0.146. The number of benzene rings is 1. The van der Waals surface area contributed by atoms with Crippen molar-refractivity contribution in [3.63, 3.8) is 0 Å². The molecule has 0 radical (unpaired) electrons. The van der Waals surface area contributed by atoms with E-state index in [0.29, 0.717) is 4.68 Å². The number of halogens is 5. The van der Waals surface area contributed by atoms with Gasteiger partial charge in [0.2, 0.25) is 0 Å². The molecule has 0 spiro atoms. The molecule has 6 nitrogen and oxygen atoms in total. The zero-order valence-electron chi connectivity index (χ0n) is 14.5. The number of alkyl halides is 3. The molecular weight excluding hydrogens is 406 g/mol. The van der Waals surface area contributed by atoms with E-state index in [4.69, 9.17) is 27.5 Å². The number of hydrogen-bond donors (Lipinski definition) is 0. The van der Waals surface area contributed by atoms with Gasteiger partial charge in [0.1, 0.15) is 17.3 Å². The number of ether oxygens (including phenoxy) is 2. The van der Waals surface area contributed by atoms with Crippen molar-refractivity contribution in [3.05, 3.63) is 28.7 Å². The number of carbonyl (C=O) groups excluding carboxylic acids is 1. The lowest BCUT2D eigenvalue weighted by Crippen LogP contribution is -2.47. The lowest BCUT2D eigenvalue weighted by atomic mass is 10.1. The largest absolute Gasteiger partial charge is 0.453 e. The van der Waals surface area contributed by atoms with E-state index >= 15 is 0 Å². The molecule has 1 amide bonds. The summed E-state index contributed by atoms with van der Waals surface area (Å²) in [5.41, 5.74) is -1.95. The molecule has 28 heavy (non-hydrogen) atoms. The number of terminal acetylenes is 1. The van der Waals surface area contributed by atoms with Crippen molar-refractivity contribution in [1.29, 1.82) is 0 Å². The van der Waals surface area contributed by atoms with Crippen LogP contribution in [0.5, 0.6) is 5.75 Å². The molecule has 0 N–H and O–H groups in total. The van der Waals surface area contributed by atoms with Gasteiger partial charge in [-0.05, 0) is 6.07 Å². The van der Waals surface area contributed by atoms with Gasteiger partial charge in [-0.1, -0.05) is 17.5 Å². The lowest BCUT2D eigenvalue weighted by Gasteiger charge is -2.32. The van der Waals surface area contributed by atoms with Crippen LogP contribution in [0.2, 0.25) is 5.02 Å². The molecule has 0 saturated heterocycles. The molecule has 0 fully saturated rings. The van der Waals surface area contributed by atoms with E-state index in [1.807, 2.05) is 0 Å². The molecule has 0 bridgehead atoms. The molecule has 1 aromatic heterocycles. The van der Waals surface area contributed by atoms with Crippen molar-refractivity contribution in [3.8, 4) is 29.4 Å². The Morgan fingerprint density at radius 2 is 2.11 bits per heavy atom. The molecule has 3 rings (SSSR count). The monoisotopic (exact) mass is 417 g/mol. The zero-order chi connectivity index (χ0) is 20.8. The van der Waals surface area contributed by atoms with Crippen LogP contribution in [0.15, 0.2) is 12.1 Å². The summed E-state index contributed by atoms with van der Waals surface area (Å²) in [6.45, 7) is -0.191. The Balaban J connectivity index is 2.20. The van der Waals surface area contributed by atoms with Gasteiger partial charge in [0, 0.05) is 25.8 Å². The number of aromatic nitrogens is 2. The molecule has 2 aromatic rings. The molecule has 1 atom stereocenters. The highest BCUT2D eigenvalue weighted by Crippen LogP contribution is 2.43. The van der Waals surface area contributed by atoms with Gasteiger partial charge in [-0.3, -0.25) is 14.4 Å². The molecular formula is C17H12ClF4N3O3. The van der Waals surface area contributed by atoms with Gasteiger partial charge in [-0.25, -0.2) is 4.39 Å². The van der Waals surface area contributed by atoms with Crippen LogP contribution < -0.4 is 9.64 Å². The Bertz CT molecular complexity index is 997. The van der Waals surface area contributed by atoms with Gasteiger partial charge in [0.25, 0.3) is 12.2 Å². The third-order valence-corrected chi connectivity index (χ3v) is 4.38. The highest BCUT2D eigenvalue weighted by Gasteiger charge is 2.40. The number of carbonyl (C=O) groups is 1. The van der Waals surface area contributed by atoms with Crippen LogP contribution in [-0.4, -0.2) is 35.6 Å². The van der Waals surface area contributed by atoms with Gasteiger partial charge in [0.05, 0.1) is 17.3 Å². The maximum Gasteiger partial charge on any atom is 0.434 e. The average molecular weight is 418 g/mol. The van der Waals surface area contributed by atoms with Crippen molar-refractivity contribution in [2.24, 2.45) is 7.05 Å². The van der Waals surface area contributed by atoms with Crippen LogP contribution >= 0.6 is 11.6 Å². The molecule has 2 heterocycles. The van der Waals surface area contributed by atoms with Crippen LogP contribution in [0.3, 0.4) is 0 Å². The molecule has 1 aliphatic rings. The van der Waals surface area contributed by atoms with E-state index in [1.54, 1.807) is 0 Å². The molecule has 148 valence electrons. The average Bonchev–Trinajstić information content (AvgIpc) is 2.91. The molecule has 0 saturated carbocycles. The fourth-order valence-corrected chi connectivity index (χ4v) is 3.19. The Morgan fingerprint density at radius 3 is 2.64 bits per heavy atom. The molecule has 1 unspecified atom stereocenters. The number of amides is 1. The van der Waals surface area contributed by atoms with Gasteiger partial charge < -0.3 is 9.47 Å². The first-order chi connectivity index (χ1) is 13.1. The maximum absolute atomic E-state index is 14.7. The third-order valence-electron chi connectivity index (χ3n) is 4.02. The summed E-state index contributed by atoms with van der Waals surface area (Å²) in [6.07, 6.45) is -0.843. The minimum absolute atomic E-state index is 0.0583. The Morgan fingerprint density at radius 1 is 1.43 bits per heavy atom. The first kappa shape index (κ1) is 20.0. The normalized spacial score (nSPS) is 16.6. The minimum Gasteiger partial charge on any atom is -0.453 e. The van der Waals surface area contributed by atoms with Gasteiger partial charge in [-0.15, -0.1) is 6.42 Å². The second kappa shape index (κ2) is 7.00. The number of rotatable bonds is 3. The van der Waals surface area contributed by atoms with Crippen LogP contribution in [0.1, 0.15) is 5.69 Å². The van der Waals surface area contributed by atoms with Crippen LogP contribution in [-0.2, 0) is 22.8 Å². The number of aryl methyl sites for hydroxylation is 1. The van der Waals surface area contributed by atoms with E-state index in [1.165, 1.54) is 7.11 Å². The topological polar surface area (TPSA) is 56.6 Å². The van der Waals surface area contributed by atoms with E-state index in [0.717, 1.165) is 24.1 Å². The Hall–Kier alpha value is -2.77. The number of hydrogen-bond acceptors (Lipinski definition) is 4. The zero-order valence-corrected chi connectivity index (χ0v) is 15.2. The van der Waals surface area contributed by atoms with Crippen molar-refractivity contribution in [1.82, 2.24) is 9.78 Å². The second-order valence-corrected chi connectivity index (χ2v) is 6.12. The van der Waals surface area contributed by atoms with Crippen molar-refractivity contribution >= 4 is 23.2 Å². The summed E-state index contributed by atoms with van der Waals surface area (Å²) in [7, 11) is 2.26. The van der Waals surface area contributed by atoms with Crippen LogP contribution in [0, 0.1) is 18.2 Å². The summed E-state index contributed by atoms with van der Waals surface area (Å²) in [5.74, 6) is 0.622. The van der Waals surface area contributed by atoms with Crippen molar-refractivity contribution in [2.75, 3.05) is 18.6 Å². The van der Waals surface area contributed by atoms with Crippen LogP contribution in [0.4, 0.5) is 23.2 Å². The standard InChI is InChI=1S/C17H12ClF4N3O3/c1-4-5-25-10-6-8(9(19)7-11(10)28-16(27-3)15(25)26)13-12(18)14(17(20,21)22)24(2)23-13/h1,6-7,16H,5H2,2-3H3. The molecule has 1 aromatic carbocycles. The Kier molecular flexibility index (Phi) is 4.99. The first-order valence-electron chi connectivity index (χ1n) is 7.68. The Labute approximate surface area is 161 Å². The smallest absolute Gasteiger partial charge is 0.434 e. The van der Waals surface area contributed by atoms with Gasteiger partial charge in [0.15, 0.2) is 5.69 Å². The quantitative estimate of drug-likeness (QED) is 0.568. The molecule has 11 heteroatoms. The van der Waals surface area contributed by atoms with E-state index in [-0.39, 0.29) is 23.5 Å². The SMILES string of the molecule is C#CCN1C(=O)C(OC)Oc2cc(F)c(-c3nn(C)c(C(F)(F)F)c3Cl)cc21. The van der Waals surface area contributed by atoms with Gasteiger partial charge >= 0.3 is 6.18 Å². The third kappa shape index (κ3) is 3.16. The van der Waals surface area contributed by atoms with Crippen molar-refractivity contribution < 1.29 is 31.8 Å². The number of anilines is 1. The second-order valence-electron chi connectivity index (χ2n) is 5.75. The summed E-state index contributed by atoms with van der Waals surface area (Å²) in [5, 5.41) is 2.92. The maximum atomic E-state index is 14.7. The van der Waals surface area contributed by atoms with Gasteiger partial charge in [-0.2, -0.15) is 18.3 Å². The predicted octanol–water partition coefficient (Wildman–Crippen LogP) is 3.23. The van der Waals surface area contributed by atoms with E-state index in [2.05, 4.69) is 11.0 Å². The number of nitrogens with zero attached hydrogens (tertiary/aromatic N) is 3. The van der Waals surface area contributed by atoms with Crippen LogP contribution in [0.25, 0.3) is 11.3 Å². The van der Waals surface area contributed by atoms with Crippen molar-refractivity contribution in [2.45, 2.75) is 12.5 Å². The summed E-state index contributed by atoms with van der Waals surface area (Å²) in [6, 6.07) is 2.02. The number of methoxy groups -OCH3 is 1. The first-order valence-corrected chi connectivity index (χ1v) is 8.05. The number of fused-ring (bicyclic) bond motifs is 1. The molecule has 1 aliphatic heterocycles. The summed E-state index contributed by atoms with van der Waals surface area (Å²) >= 11 is 5.84.